The first-order valence-corrected chi connectivity index (χ1v) is 8.47. The third-order valence-electron chi connectivity index (χ3n) is 4.06. The fraction of sp³-hybridized carbons (Fsp3) is 0.238. The standard InChI is InChI=1S/C21H19FO5/c1-12(2)26-18-10-16-17(11-23)21(13-4-6-15(22)7-5-13)27-19(16)8-14(18)9-20(24)25-3/h4-8,10-12H,9H2,1-3H3. The van der Waals surface area contributed by atoms with Crippen LogP contribution in [0.25, 0.3) is 22.3 Å². The molecule has 0 bridgehead atoms. The normalized spacial score (nSPS) is 11.0. The highest BCUT2D eigenvalue weighted by molar-refractivity contribution is 6.03. The topological polar surface area (TPSA) is 65.7 Å². The summed E-state index contributed by atoms with van der Waals surface area (Å²) in [6.45, 7) is 3.73. The Morgan fingerprint density at radius 1 is 1.22 bits per heavy atom. The quantitative estimate of drug-likeness (QED) is 0.470. The maximum absolute atomic E-state index is 13.2. The van der Waals surface area contributed by atoms with Crippen LogP contribution in [-0.4, -0.2) is 25.5 Å². The minimum atomic E-state index is -0.413. The van der Waals surface area contributed by atoms with Crippen molar-refractivity contribution in [3.63, 3.8) is 0 Å². The monoisotopic (exact) mass is 370 g/mol. The number of ether oxygens (including phenoxy) is 2. The molecular formula is C21H19FO5. The van der Waals surface area contributed by atoms with Gasteiger partial charge in [0.2, 0.25) is 0 Å². The molecule has 3 aromatic rings. The van der Waals surface area contributed by atoms with Gasteiger partial charge in [-0.05, 0) is 50.2 Å². The van der Waals surface area contributed by atoms with Gasteiger partial charge in [0.15, 0.2) is 6.29 Å². The summed E-state index contributed by atoms with van der Waals surface area (Å²) in [5.41, 5.74) is 1.96. The number of benzene rings is 2. The molecule has 3 rings (SSSR count). The summed E-state index contributed by atoms with van der Waals surface area (Å²) >= 11 is 0. The average Bonchev–Trinajstić information content (AvgIpc) is 2.99. The lowest BCUT2D eigenvalue weighted by Gasteiger charge is -2.14. The van der Waals surface area contributed by atoms with Crippen molar-refractivity contribution in [2.24, 2.45) is 0 Å². The van der Waals surface area contributed by atoms with E-state index in [2.05, 4.69) is 0 Å². The molecular weight excluding hydrogens is 351 g/mol. The molecule has 27 heavy (non-hydrogen) atoms. The zero-order valence-corrected chi connectivity index (χ0v) is 15.2. The van der Waals surface area contributed by atoms with E-state index in [4.69, 9.17) is 13.9 Å². The number of hydrogen-bond donors (Lipinski definition) is 0. The summed E-state index contributed by atoms with van der Waals surface area (Å²) < 4.78 is 29.6. The predicted molar refractivity (Wildman–Crippen MR) is 98.5 cm³/mol. The summed E-state index contributed by atoms with van der Waals surface area (Å²) in [5, 5.41) is 0.564. The number of aldehydes is 1. The van der Waals surface area contributed by atoms with Crippen LogP contribution in [0.15, 0.2) is 40.8 Å². The molecule has 0 saturated carbocycles. The number of fused-ring (bicyclic) bond motifs is 1. The summed E-state index contributed by atoms with van der Waals surface area (Å²) in [4.78, 5) is 23.5. The Balaban J connectivity index is 2.19. The van der Waals surface area contributed by atoms with Crippen LogP contribution in [0.5, 0.6) is 5.75 Å². The summed E-state index contributed by atoms with van der Waals surface area (Å²) in [6, 6.07) is 9.04. The van der Waals surface area contributed by atoms with Crippen molar-refractivity contribution in [3.8, 4) is 17.1 Å². The van der Waals surface area contributed by atoms with Crippen molar-refractivity contribution in [1.82, 2.24) is 0 Å². The first-order valence-electron chi connectivity index (χ1n) is 8.47. The van der Waals surface area contributed by atoms with Crippen molar-refractivity contribution in [1.29, 1.82) is 0 Å². The first-order chi connectivity index (χ1) is 12.9. The zero-order chi connectivity index (χ0) is 19.6. The highest BCUT2D eigenvalue weighted by Gasteiger charge is 2.20. The lowest BCUT2D eigenvalue weighted by Crippen LogP contribution is -2.10. The highest BCUT2D eigenvalue weighted by atomic mass is 19.1. The fourth-order valence-corrected chi connectivity index (χ4v) is 2.85. The molecule has 6 heteroatoms. The Bertz CT molecular complexity index is 986. The van der Waals surface area contributed by atoms with Crippen LogP contribution in [0.1, 0.15) is 29.8 Å². The molecule has 5 nitrogen and oxygen atoms in total. The molecule has 0 saturated heterocycles. The van der Waals surface area contributed by atoms with Crippen molar-refractivity contribution in [2.45, 2.75) is 26.4 Å². The minimum absolute atomic E-state index is 0.0114. The Hall–Kier alpha value is -3.15. The molecule has 0 unspecified atom stereocenters. The van der Waals surface area contributed by atoms with Gasteiger partial charge in [0, 0.05) is 16.5 Å². The minimum Gasteiger partial charge on any atom is -0.491 e. The van der Waals surface area contributed by atoms with Gasteiger partial charge in [0.05, 0.1) is 25.2 Å². The number of methoxy groups -OCH3 is 1. The number of hydrogen-bond acceptors (Lipinski definition) is 5. The molecule has 0 amide bonds. The molecule has 2 aromatic carbocycles. The van der Waals surface area contributed by atoms with Crippen molar-refractivity contribution >= 4 is 23.2 Å². The molecule has 0 N–H and O–H groups in total. The molecule has 0 spiro atoms. The molecule has 0 radical (unpaired) electrons. The van der Waals surface area contributed by atoms with Gasteiger partial charge < -0.3 is 13.9 Å². The maximum atomic E-state index is 13.2. The van der Waals surface area contributed by atoms with Gasteiger partial charge in [-0.15, -0.1) is 0 Å². The van der Waals surface area contributed by atoms with Crippen molar-refractivity contribution in [3.05, 3.63) is 53.3 Å². The second-order valence-corrected chi connectivity index (χ2v) is 6.35. The van der Waals surface area contributed by atoms with E-state index in [1.807, 2.05) is 13.8 Å². The highest BCUT2D eigenvalue weighted by Crippen LogP contribution is 2.37. The van der Waals surface area contributed by atoms with Gasteiger partial charge in [-0.1, -0.05) is 0 Å². The largest absolute Gasteiger partial charge is 0.491 e. The van der Waals surface area contributed by atoms with Crippen LogP contribution >= 0.6 is 0 Å². The third kappa shape index (κ3) is 3.84. The molecule has 0 aliphatic heterocycles. The van der Waals surface area contributed by atoms with Gasteiger partial charge in [-0.25, -0.2) is 4.39 Å². The van der Waals surface area contributed by atoms with Gasteiger partial charge in [-0.3, -0.25) is 9.59 Å². The van der Waals surface area contributed by atoms with Gasteiger partial charge in [0.25, 0.3) is 0 Å². The van der Waals surface area contributed by atoms with Gasteiger partial charge in [-0.2, -0.15) is 0 Å². The second kappa shape index (κ2) is 7.61. The number of halogens is 1. The van der Waals surface area contributed by atoms with Gasteiger partial charge in [0.1, 0.15) is 22.9 Å². The summed E-state index contributed by atoms with van der Waals surface area (Å²) in [6.07, 6.45) is 0.586. The van der Waals surface area contributed by atoms with E-state index in [0.29, 0.717) is 45.5 Å². The van der Waals surface area contributed by atoms with E-state index >= 15 is 0 Å². The van der Waals surface area contributed by atoms with Crippen molar-refractivity contribution < 1.29 is 27.9 Å². The van der Waals surface area contributed by atoms with Crippen LogP contribution in [0.3, 0.4) is 0 Å². The second-order valence-electron chi connectivity index (χ2n) is 6.35. The molecule has 1 heterocycles. The third-order valence-corrected chi connectivity index (χ3v) is 4.06. The molecule has 0 aliphatic rings. The van der Waals surface area contributed by atoms with E-state index in [-0.39, 0.29) is 18.3 Å². The molecule has 0 atom stereocenters. The Morgan fingerprint density at radius 3 is 2.52 bits per heavy atom. The van der Waals surface area contributed by atoms with E-state index < -0.39 is 5.97 Å². The van der Waals surface area contributed by atoms with Crippen molar-refractivity contribution in [2.75, 3.05) is 7.11 Å². The van der Waals surface area contributed by atoms with Crippen LogP contribution in [-0.2, 0) is 16.0 Å². The summed E-state index contributed by atoms with van der Waals surface area (Å²) in [7, 11) is 1.31. The Labute approximate surface area is 155 Å². The van der Waals surface area contributed by atoms with E-state index in [0.717, 1.165) is 0 Å². The van der Waals surface area contributed by atoms with Crippen LogP contribution in [0.4, 0.5) is 4.39 Å². The van der Waals surface area contributed by atoms with E-state index in [9.17, 15) is 14.0 Å². The number of furan rings is 1. The average molecular weight is 370 g/mol. The van der Waals surface area contributed by atoms with Gasteiger partial charge >= 0.3 is 5.97 Å². The maximum Gasteiger partial charge on any atom is 0.310 e. The smallest absolute Gasteiger partial charge is 0.310 e. The zero-order valence-electron chi connectivity index (χ0n) is 15.2. The van der Waals surface area contributed by atoms with E-state index in [1.165, 1.54) is 19.2 Å². The predicted octanol–water partition coefficient (Wildman–Crippen LogP) is 4.55. The molecule has 140 valence electrons. The molecule has 0 aliphatic carbocycles. The number of carbonyl (C=O) groups excluding carboxylic acids is 2. The van der Waals surface area contributed by atoms with Crippen LogP contribution < -0.4 is 4.74 Å². The number of carbonyl (C=O) groups is 2. The molecule has 1 aromatic heterocycles. The molecule has 0 fully saturated rings. The first kappa shape index (κ1) is 18.6. The number of esters is 1. The fourth-order valence-electron chi connectivity index (χ4n) is 2.85. The number of rotatable bonds is 6. The lowest BCUT2D eigenvalue weighted by molar-refractivity contribution is -0.139. The van der Waals surface area contributed by atoms with Crippen LogP contribution in [0, 0.1) is 5.82 Å². The van der Waals surface area contributed by atoms with E-state index in [1.54, 1.807) is 24.3 Å². The summed E-state index contributed by atoms with van der Waals surface area (Å²) in [5.74, 6) is 0.0301. The lowest BCUT2D eigenvalue weighted by atomic mass is 10.0. The Kier molecular flexibility index (Phi) is 5.26. The Morgan fingerprint density at radius 2 is 1.93 bits per heavy atom. The van der Waals surface area contributed by atoms with Crippen LogP contribution in [0.2, 0.25) is 0 Å². The SMILES string of the molecule is COC(=O)Cc1cc2oc(-c3ccc(F)cc3)c(C=O)c2cc1OC(C)C.